The van der Waals surface area contributed by atoms with Crippen LogP contribution in [0.25, 0.3) is 0 Å². The standard InChI is InChI=1S/C14H20BrN3O6/c15-12(6-2-7-12)13(8-3-9-13)24-18-14(16(19)20,17(21)22)10-11(23-18)4-1-5-11/h1-10H2. The maximum Gasteiger partial charge on any atom is 0.569 e. The van der Waals surface area contributed by atoms with Crippen LogP contribution in [0.1, 0.15) is 64.2 Å². The predicted octanol–water partition coefficient (Wildman–Crippen LogP) is 2.93. The Bertz CT molecular complexity index is 573. The van der Waals surface area contributed by atoms with Crippen molar-refractivity contribution in [1.29, 1.82) is 0 Å². The second kappa shape index (κ2) is 5.09. The normalized spacial score (nSPS) is 31.7. The Morgan fingerprint density at radius 1 is 0.958 bits per heavy atom. The van der Waals surface area contributed by atoms with Gasteiger partial charge in [-0.15, -0.1) is 0 Å². The van der Waals surface area contributed by atoms with E-state index in [-0.39, 0.29) is 10.7 Å². The highest BCUT2D eigenvalue weighted by Gasteiger charge is 2.78. The number of nitro groups is 2. The van der Waals surface area contributed by atoms with Gasteiger partial charge in [0.25, 0.3) is 0 Å². The number of hydroxylamine groups is 2. The fourth-order valence-corrected chi connectivity index (χ4v) is 5.29. The van der Waals surface area contributed by atoms with E-state index in [0.717, 1.165) is 44.9 Å². The smallest absolute Gasteiger partial charge is 0.257 e. The number of hydrogen-bond donors (Lipinski definition) is 0. The van der Waals surface area contributed by atoms with E-state index in [0.29, 0.717) is 18.1 Å². The van der Waals surface area contributed by atoms with Crippen LogP contribution in [0.3, 0.4) is 0 Å². The van der Waals surface area contributed by atoms with Crippen LogP contribution in [0, 0.1) is 20.2 Å². The monoisotopic (exact) mass is 405 g/mol. The second-order valence-corrected chi connectivity index (χ2v) is 9.13. The third-order valence-corrected chi connectivity index (χ3v) is 7.88. The van der Waals surface area contributed by atoms with Crippen LogP contribution in [-0.4, -0.2) is 36.4 Å². The Kier molecular flexibility index (Phi) is 3.52. The van der Waals surface area contributed by atoms with Gasteiger partial charge in [-0.25, -0.2) is 0 Å². The summed E-state index contributed by atoms with van der Waals surface area (Å²) in [6, 6.07) is 0. The molecule has 0 unspecified atom stereocenters. The Morgan fingerprint density at radius 2 is 1.50 bits per heavy atom. The van der Waals surface area contributed by atoms with Gasteiger partial charge < -0.3 is 0 Å². The SMILES string of the molecule is O=[N+]([O-])C1([N+](=O)[O-])CC2(CCC2)ON1OC1(C2(Br)CCC2)CCC1. The van der Waals surface area contributed by atoms with Crippen LogP contribution in [0.2, 0.25) is 0 Å². The molecular formula is C14H20BrN3O6. The largest absolute Gasteiger partial charge is 0.569 e. The summed E-state index contributed by atoms with van der Waals surface area (Å²) in [6.45, 7) is 0. The molecule has 0 amide bonds. The van der Waals surface area contributed by atoms with Crippen LogP contribution in [-0.2, 0) is 9.68 Å². The molecule has 1 spiro atoms. The van der Waals surface area contributed by atoms with Gasteiger partial charge in [0.1, 0.15) is 27.5 Å². The first-order valence-corrected chi connectivity index (χ1v) is 9.23. The molecule has 1 saturated heterocycles. The summed E-state index contributed by atoms with van der Waals surface area (Å²) < 4.78 is -0.268. The third-order valence-electron chi connectivity index (χ3n) is 6.36. The highest BCUT2D eigenvalue weighted by atomic mass is 79.9. The van der Waals surface area contributed by atoms with Crippen molar-refractivity contribution in [2.75, 3.05) is 0 Å². The fourth-order valence-electron chi connectivity index (χ4n) is 4.26. The molecule has 1 aliphatic heterocycles. The minimum absolute atomic E-state index is 0.268. The minimum Gasteiger partial charge on any atom is -0.257 e. The van der Waals surface area contributed by atoms with Crippen molar-refractivity contribution in [2.24, 2.45) is 0 Å². The van der Waals surface area contributed by atoms with Gasteiger partial charge >= 0.3 is 5.79 Å². The number of halogens is 1. The molecule has 134 valence electrons. The molecule has 10 heteroatoms. The lowest BCUT2D eigenvalue weighted by Crippen LogP contribution is -2.66. The lowest BCUT2D eigenvalue weighted by molar-refractivity contribution is -0.853. The highest BCUT2D eigenvalue weighted by molar-refractivity contribution is 9.10. The first kappa shape index (κ1) is 16.6. The summed E-state index contributed by atoms with van der Waals surface area (Å²) >= 11 is 3.73. The average Bonchev–Trinajstić information content (AvgIpc) is 2.77. The topological polar surface area (TPSA) is 108 Å². The predicted molar refractivity (Wildman–Crippen MR) is 84.0 cm³/mol. The Labute approximate surface area is 147 Å². The maximum absolute atomic E-state index is 11.7. The molecule has 0 aromatic carbocycles. The number of hydrogen-bond acceptors (Lipinski definition) is 7. The van der Waals surface area contributed by atoms with Gasteiger partial charge in [0.2, 0.25) is 0 Å². The van der Waals surface area contributed by atoms with Crippen LogP contribution in [0.4, 0.5) is 0 Å². The summed E-state index contributed by atoms with van der Waals surface area (Å²) in [5.41, 5.74) is -1.48. The van der Waals surface area contributed by atoms with Crippen molar-refractivity contribution in [3.8, 4) is 0 Å². The Morgan fingerprint density at radius 3 is 1.83 bits per heavy atom. The fraction of sp³-hybridized carbons (Fsp3) is 1.00. The van der Waals surface area contributed by atoms with Gasteiger partial charge in [0.05, 0.1) is 9.55 Å². The molecule has 0 radical (unpaired) electrons. The van der Waals surface area contributed by atoms with Crippen LogP contribution < -0.4 is 0 Å². The molecular weight excluding hydrogens is 386 g/mol. The molecule has 0 N–H and O–H groups in total. The molecule has 0 bridgehead atoms. The van der Waals surface area contributed by atoms with Crippen molar-refractivity contribution in [3.63, 3.8) is 0 Å². The maximum atomic E-state index is 11.7. The number of nitrogens with zero attached hydrogens (tertiary/aromatic N) is 3. The summed E-state index contributed by atoms with van der Waals surface area (Å²) in [5.74, 6) is -2.56. The van der Waals surface area contributed by atoms with E-state index in [4.69, 9.17) is 9.68 Å². The van der Waals surface area contributed by atoms with E-state index in [1.54, 1.807) is 0 Å². The molecule has 0 aromatic heterocycles. The van der Waals surface area contributed by atoms with Crippen LogP contribution >= 0.6 is 15.9 Å². The van der Waals surface area contributed by atoms with Crippen molar-refractivity contribution in [1.82, 2.24) is 5.23 Å². The van der Waals surface area contributed by atoms with E-state index in [9.17, 15) is 20.2 Å². The molecule has 1 heterocycles. The summed E-state index contributed by atoms with van der Waals surface area (Å²) in [6.07, 6.45) is 6.98. The van der Waals surface area contributed by atoms with E-state index >= 15 is 0 Å². The number of alkyl halides is 1. The summed E-state index contributed by atoms with van der Waals surface area (Å²) in [4.78, 5) is 33.3. The molecule has 4 aliphatic rings. The van der Waals surface area contributed by atoms with E-state index in [1.807, 2.05) is 0 Å². The zero-order valence-corrected chi connectivity index (χ0v) is 14.8. The van der Waals surface area contributed by atoms with Gasteiger partial charge in [-0.2, -0.15) is 0 Å². The second-order valence-electron chi connectivity index (χ2n) is 7.61. The molecule has 3 saturated carbocycles. The van der Waals surface area contributed by atoms with Crippen molar-refractivity contribution in [2.45, 2.75) is 85.5 Å². The molecule has 0 atom stereocenters. The van der Waals surface area contributed by atoms with Crippen molar-refractivity contribution >= 4 is 15.9 Å². The molecule has 4 rings (SSSR count). The third kappa shape index (κ3) is 1.96. The number of rotatable bonds is 5. The lowest BCUT2D eigenvalue weighted by atomic mass is 9.63. The minimum atomic E-state index is -2.56. The first-order valence-electron chi connectivity index (χ1n) is 8.44. The lowest BCUT2D eigenvalue weighted by Gasteiger charge is -2.56. The molecule has 0 aromatic rings. The van der Waals surface area contributed by atoms with E-state index in [1.165, 1.54) is 0 Å². The summed E-state index contributed by atoms with van der Waals surface area (Å²) in [5, 5.41) is 24.0. The van der Waals surface area contributed by atoms with Crippen molar-refractivity contribution in [3.05, 3.63) is 20.2 Å². The zero-order valence-electron chi connectivity index (χ0n) is 13.2. The van der Waals surface area contributed by atoms with Gasteiger partial charge in [0.15, 0.2) is 0 Å². The zero-order chi connectivity index (χ0) is 17.2. The average molecular weight is 406 g/mol. The van der Waals surface area contributed by atoms with Gasteiger partial charge in [0, 0.05) is 0 Å². The molecule has 24 heavy (non-hydrogen) atoms. The van der Waals surface area contributed by atoms with Crippen LogP contribution in [0.5, 0.6) is 0 Å². The Balaban J connectivity index is 1.66. The molecule has 3 aliphatic carbocycles. The van der Waals surface area contributed by atoms with E-state index in [2.05, 4.69) is 15.9 Å². The van der Waals surface area contributed by atoms with Crippen LogP contribution in [0.15, 0.2) is 0 Å². The first-order chi connectivity index (χ1) is 11.3. The molecule has 9 nitrogen and oxygen atoms in total. The van der Waals surface area contributed by atoms with Crippen molar-refractivity contribution < 1.29 is 19.5 Å². The molecule has 4 fully saturated rings. The highest BCUT2D eigenvalue weighted by Crippen LogP contribution is 2.60. The van der Waals surface area contributed by atoms with E-state index < -0.39 is 26.8 Å². The van der Waals surface area contributed by atoms with Gasteiger partial charge in [-0.1, -0.05) is 22.4 Å². The van der Waals surface area contributed by atoms with Gasteiger partial charge in [-0.05, 0) is 51.4 Å². The Hall–Kier alpha value is -0.840. The van der Waals surface area contributed by atoms with Gasteiger partial charge in [-0.3, -0.25) is 29.9 Å². The summed E-state index contributed by atoms with van der Waals surface area (Å²) in [7, 11) is 0. The quantitative estimate of drug-likeness (QED) is 0.299.